The topological polar surface area (TPSA) is 79.3 Å². The number of cyclic esters (lactones) is 1. The number of rotatable bonds is 2. The highest BCUT2D eigenvalue weighted by molar-refractivity contribution is 5.90. The molecule has 1 N–H and O–H groups in total. The van der Waals surface area contributed by atoms with Crippen molar-refractivity contribution >= 4 is 17.9 Å². The summed E-state index contributed by atoms with van der Waals surface area (Å²) in [6, 6.07) is 5.88. The molecule has 142 valence electrons. The number of fused-ring (bicyclic) bond motifs is 1. The maximum atomic E-state index is 12.3. The predicted molar refractivity (Wildman–Crippen MR) is 96.4 cm³/mol. The minimum Gasteiger partial charge on any atom is -0.444 e. The zero-order valence-electron chi connectivity index (χ0n) is 15.5. The van der Waals surface area contributed by atoms with Gasteiger partial charge in [-0.1, -0.05) is 6.07 Å². The first-order valence-electron chi connectivity index (χ1n) is 8.95. The standard InChI is InChI=1S/C19H26N2O5/c1-19(2,3)26-17(23)20-8-6-13-4-5-15(10-14(13)7-9-20)21-11-16(12-22)25-18(21)24/h4-5,10,16,22H,6-9,11-12H2,1-3H3/t16-/m1/s1. The van der Waals surface area contributed by atoms with E-state index < -0.39 is 17.8 Å². The van der Waals surface area contributed by atoms with Gasteiger partial charge in [-0.3, -0.25) is 4.90 Å². The summed E-state index contributed by atoms with van der Waals surface area (Å²) < 4.78 is 10.6. The van der Waals surface area contributed by atoms with Gasteiger partial charge in [0.25, 0.3) is 0 Å². The van der Waals surface area contributed by atoms with Crippen molar-refractivity contribution < 1.29 is 24.2 Å². The Morgan fingerprint density at radius 2 is 1.96 bits per heavy atom. The van der Waals surface area contributed by atoms with Crippen LogP contribution in [0.3, 0.4) is 0 Å². The molecule has 1 aromatic carbocycles. The molecule has 3 rings (SSSR count). The van der Waals surface area contributed by atoms with E-state index in [0.29, 0.717) is 26.1 Å². The number of benzene rings is 1. The molecule has 1 fully saturated rings. The Morgan fingerprint density at radius 1 is 1.27 bits per heavy atom. The quantitative estimate of drug-likeness (QED) is 0.874. The van der Waals surface area contributed by atoms with Crippen molar-refractivity contribution in [1.82, 2.24) is 4.90 Å². The smallest absolute Gasteiger partial charge is 0.414 e. The molecule has 0 spiro atoms. The first-order valence-corrected chi connectivity index (χ1v) is 8.95. The van der Waals surface area contributed by atoms with Crippen molar-refractivity contribution in [3.05, 3.63) is 29.3 Å². The van der Waals surface area contributed by atoms with Crippen LogP contribution in [0.1, 0.15) is 31.9 Å². The second-order valence-electron chi connectivity index (χ2n) is 7.72. The summed E-state index contributed by atoms with van der Waals surface area (Å²) in [5.41, 5.74) is 2.54. The molecule has 0 radical (unpaired) electrons. The third kappa shape index (κ3) is 4.09. The average molecular weight is 362 g/mol. The van der Waals surface area contributed by atoms with Gasteiger partial charge in [-0.05, 0) is 56.9 Å². The molecule has 1 atom stereocenters. The number of hydrogen-bond acceptors (Lipinski definition) is 5. The number of anilines is 1. The van der Waals surface area contributed by atoms with Gasteiger partial charge in [0.15, 0.2) is 0 Å². The molecule has 1 aromatic rings. The first-order chi connectivity index (χ1) is 12.3. The van der Waals surface area contributed by atoms with Crippen LogP contribution in [0.2, 0.25) is 0 Å². The van der Waals surface area contributed by atoms with Gasteiger partial charge in [-0.15, -0.1) is 0 Å². The Kier molecular flexibility index (Phi) is 5.09. The lowest BCUT2D eigenvalue weighted by Gasteiger charge is -2.26. The summed E-state index contributed by atoms with van der Waals surface area (Å²) in [7, 11) is 0. The number of amides is 2. The zero-order valence-corrected chi connectivity index (χ0v) is 15.5. The summed E-state index contributed by atoms with van der Waals surface area (Å²) in [5.74, 6) is 0. The highest BCUT2D eigenvalue weighted by Crippen LogP contribution is 2.27. The number of carbonyl (C=O) groups is 2. The van der Waals surface area contributed by atoms with Crippen molar-refractivity contribution in [3.63, 3.8) is 0 Å². The molecule has 0 saturated carbocycles. The second-order valence-corrected chi connectivity index (χ2v) is 7.72. The molecule has 2 aliphatic rings. The Bertz CT molecular complexity index is 698. The number of hydrogen-bond donors (Lipinski definition) is 1. The molecule has 2 amide bonds. The third-order valence-corrected chi connectivity index (χ3v) is 4.53. The highest BCUT2D eigenvalue weighted by atomic mass is 16.6. The molecule has 1 saturated heterocycles. The zero-order chi connectivity index (χ0) is 18.9. The van der Waals surface area contributed by atoms with Gasteiger partial charge >= 0.3 is 12.2 Å². The first kappa shape index (κ1) is 18.5. The lowest BCUT2D eigenvalue weighted by Crippen LogP contribution is -2.38. The van der Waals surface area contributed by atoms with Gasteiger partial charge in [-0.2, -0.15) is 0 Å². The maximum Gasteiger partial charge on any atom is 0.414 e. The molecule has 0 bridgehead atoms. The van der Waals surface area contributed by atoms with Gasteiger partial charge in [0.05, 0.1) is 13.2 Å². The fourth-order valence-electron chi connectivity index (χ4n) is 3.22. The molecule has 7 nitrogen and oxygen atoms in total. The van der Waals surface area contributed by atoms with E-state index in [4.69, 9.17) is 9.47 Å². The van der Waals surface area contributed by atoms with E-state index in [1.165, 1.54) is 10.5 Å². The Morgan fingerprint density at radius 3 is 2.58 bits per heavy atom. The molecule has 0 aromatic heterocycles. The molecule has 0 unspecified atom stereocenters. The van der Waals surface area contributed by atoms with Crippen LogP contribution in [0.5, 0.6) is 0 Å². The average Bonchev–Trinajstić information content (AvgIpc) is 2.81. The van der Waals surface area contributed by atoms with Crippen molar-refractivity contribution in [2.24, 2.45) is 0 Å². The van der Waals surface area contributed by atoms with E-state index in [-0.39, 0.29) is 12.7 Å². The molecule has 26 heavy (non-hydrogen) atoms. The number of nitrogens with zero attached hydrogens (tertiary/aromatic N) is 2. The van der Waals surface area contributed by atoms with E-state index in [9.17, 15) is 14.7 Å². The van der Waals surface area contributed by atoms with Gasteiger partial charge < -0.3 is 19.5 Å². The predicted octanol–water partition coefficient (Wildman–Crippen LogP) is 2.34. The van der Waals surface area contributed by atoms with Crippen molar-refractivity contribution in [2.45, 2.75) is 45.3 Å². The SMILES string of the molecule is CC(C)(C)OC(=O)N1CCc2ccc(N3C[C@H](CO)OC3=O)cc2CC1. The number of ether oxygens (including phenoxy) is 2. The van der Waals surface area contributed by atoms with Crippen LogP contribution < -0.4 is 4.90 Å². The van der Waals surface area contributed by atoms with E-state index in [1.54, 1.807) is 4.90 Å². The van der Waals surface area contributed by atoms with Crippen molar-refractivity contribution in [1.29, 1.82) is 0 Å². The Hall–Kier alpha value is -2.28. The van der Waals surface area contributed by atoms with Crippen molar-refractivity contribution in [3.8, 4) is 0 Å². The lowest BCUT2D eigenvalue weighted by atomic mass is 10.0. The summed E-state index contributed by atoms with van der Waals surface area (Å²) in [5, 5.41) is 9.19. The van der Waals surface area contributed by atoms with Crippen molar-refractivity contribution in [2.75, 3.05) is 31.1 Å². The van der Waals surface area contributed by atoms with E-state index in [0.717, 1.165) is 17.7 Å². The molecular formula is C19H26N2O5. The maximum absolute atomic E-state index is 12.3. The third-order valence-electron chi connectivity index (χ3n) is 4.53. The summed E-state index contributed by atoms with van der Waals surface area (Å²) in [6.45, 7) is 6.93. The fraction of sp³-hybridized carbons (Fsp3) is 0.579. The number of carbonyl (C=O) groups excluding carboxylic acids is 2. The van der Waals surface area contributed by atoms with Crippen LogP contribution in [-0.4, -0.2) is 60.1 Å². The minimum absolute atomic E-state index is 0.183. The van der Waals surface area contributed by atoms with E-state index in [1.807, 2.05) is 39.0 Å². The molecule has 2 aliphatic heterocycles. The second kappa shape index (κ2) is 7.15. The minimum atomic E-state index is -0.511. The monoisotopic (exact) mass is 362 g/mol. The van der Waals surface area contributed by atoms with Gasteiger partial charge in [0.1, 0.15) is 11.7 Å². The van der Waals surface area contributed by atoms with Gasteiger partial charge in [-0.25, -0.2) is 9.59 Å². The number of aliphatic hydroxyl groups is 1. The van der Waals surface area contributed by atoms with E-state index in [2.05, 4.69) is 0 Å². The van der Waals surface area contributed by atoms with Crippen LogP contribution in [0, 0.1) is 0 Å². The van der Waals surface area contributed by atoms with Gasteiger partial charge in [0.2, 0.25) is 0 Å². The number of aliphatic hydroxyl groups excluding tert-OH is 1. The van der Waals surface area contributed by atoms with E-state index >= 15 is 0 Å². The fourth-order valence-corrected chi connectivity index (χ4v) is 3.22. The van der Waals surface area contributed by atoms with Crippen LogP contribution in [0.25, 0.3) is 0 Å². The van der Waals surface area contributed by atoms with Crippen LogP contribution >= 0.6 is 0 Å². The van der Waals surface area contributed by atoms with Crippen LogP contribution in [-0.2, 0) is 22.3 Å². The summed E-state index contributed by atoms with van der Waals surface area (Å²) in [6.07, 6.45) is 0.240. The Labute approximate surface area is 153 Å². The van der Waals surface area contributed by atoms with Crippen LogP contribution in [0.15, 0.2) is 18.2 Å². The lowest BCUT2D eigenvalue weighted by molar-refractivity contribution is 0.0258. The normalized spacial score (nSPS) is 20.5. The Balaban J connectivity index is 1.71. The largest absolute Gasteiger partial charge is 0.444 e. The molecule has 0 aliphatic carbocycles. The molecule has 2 heterocycles. The van der Waals surface area contributed by atoms with Crippen LogP contribution in [0.4, 0.5) is 15.3 Å². The summed E-state index contributed by atoms with van der Waals surface area (Å²) in [4.78, 5) is 27.6. The van der Waals surface area contributed by atoms with Gasteiger partial charge in [0, 0.05) is 18.8 Å². The molecular weight excluding hydrogens is 336 g/mol. The molecule has 7 heteroatoms. The summed E-state index contributed by atoms with van der Waals surface area (Å²) >= 11 is 0. The highest BCUT2D eigenvalue weighted by Gasteiger charge is 2.32.